The third kappa shape index (κ3) is 2.20. The molecule has 1 rings (SSSR count). The van der Waals surface area contributed by atoms with Gasteiger partial charge >= 0.3 is 0 Å². The van der Waals surface area contributed by atoms with Crippen LogP contribution in [0, 0.1) is 0 Å². The molecule has 0 spiro atoms. The van der Waals surface area contributed by atoms with Crippen molar-refractivity contribution in [2.45, 2.75) is 24.5 Å². The maximum Gasteiger partial charge on any atom is 0.121 e. The van der Waals surface area contributed by atoms with Gasteiger partial charge in [-0.25, -0.2) is 0 Å². The van der Waals surface area contributed by atoms with Gasteiger partial charge in [0.15, 0.2) is 0 Å². The van der Waals surface area contributed by atoms with Crippen LogP contribution >= 0.6 is 11.8 Å². The van der Waals surface area contributed by atoms with Crippen LogP contribution in [0.4, 0.5) is 0 Å². The lowest BCUT2D eigenvalue weighted by Gasteiger charge is -2.33. The molecule has 1 saturated heterocycles. The van der Waals surface area contributed by atoms with Gasteiger partial charge in [-0.2, -0.15) is 0 Å². The summed E-state index contributed by atoms with van der Waals surface area (Å²) in [6.45, 7) is 3.70. The Bertz CT molecular complexity index is 130. The van der Waals surface area contributed by atoms with Crippen LogP contribution in [0.3, 0.4) is 0 Å². The molecule has 0 saturated carbocycles. The number of aldehydes is 1. The molecule has 0 aliphatic carbocycles. The smallest absolute Gasteiger partial charge is 0.121 e. The van der Waals surface area contributed by atoms with Crippen molar-refractivity contribution >= 4 is 18.0 Å². The van der Waals surface area contributed by atoms with Crippen LogP contribution in [-0.4, -0.2) is 30.0 Å². The van der Waals surface area contributed by atoms with E-state index in [2.05, 4.69) is 6.92 Å². The highest BCUT2D eigenvalue weighted by Gasteiger charge is 2.31. The zero-order valence-corrected chi connectivity index (χ0v) is 7.65. The third-order valence-electron chi connectivity index (χ3n) is 2.10. The summed E-state index contributed by atoms with van der Waals surface area (Å²) in [4.78, 5) is 10.4. The largest absolute Gasteiger partial charge is 0.379 e. The summed E-state index contributed by atoms with van der Waals surface area (Å²) in [5, 5.41) is 0. The summed E-state index contributed by atoms with van der Waals surface area (Å²) < 4.78 is 5.45. The number of rotatable bonds is 3. The maximum atomic E-state index is 10.4. The maximum absolute atomic E-state index is 10.4. The molecule has 0 amide bonds. The molecule has 11 heavy (non-hydrogen) atoms. The van der Waals surface area contributed by atoms with Crippen molar-refractivity contribution in [1.82, 2.24) is 0 Å². The van der Waals surface area contributed by atoms with Crippen molar-refractivity contribution < 1.29 is 9.53 Å². The van der Waals surface area contributed by atoms with E-state index in [9.17, 15) is 4.79 Å². The Morgan fingerprint density at radius 2 is 2.55 bits per heavy atom. The van der Waals surface area contributed by atoms with Crippen LogP contribution in [0.1, 0.15) is 19.8 Å². The fourth-order valence-corrected chi connectivity index (χ4v) is 2.43. The minimum absolute atomic E-state index is 0.0972. The summed E-state index contributed by atoms with van der Waals surface area (Å²) in [6.07, 6.45) is 2.66. The SMILES string of the molecule is CCC1(CC=O)COCCS1. The summed E-state index contributed by atoms with van der Waals surface area (Å²) in [5.74, 6) is 1.03. The average Bonchev–Trinajstić information content (AvgIpc) is 2.07. The van der Waals surface area contributed by atoms with Crippen molar-refractivity contribution in [2.75, 3.05) is 19.0 Å². The first kappa shape index (κ1) is 9.07. The standard InChI is InChI=1S/C8H14O2S/c1-2-8(3-4-9)7-10-5-6-11-8/h4H,2-3,5-7H2,1H3. The Hall–Kier alpha value is -0.0200. The molecule has 0 aromatic carbocycles. The van der Waals surface area contributed by atoms with E-state index in [-0.39, 0.29) is 4.75 Å². The molecule has 1 aliphatic rings. The van der Waals surface area contributed by atoms with E-state index >= 15 is 0 Å². The summed E-state index contributed by atoms with van der Waals surface area (Å²) in [6, 6.07) is 0. The van der Waals surface area contributed by atoms with Gasteiger partial charge in [0.1, 0.15) is 6.29 Å². The Morgan fingerprint density at radius 3 is 3.00 bits per heavy atom. The van der Waals surface area contributed by atoms with E-state index in [4.69, 9.17) is 4.74 Å². The zero-order chi connectivity index (χ0) is 8.16. The van der Waals surface area contributed by atoms with Crippen LogP contribution < -0.4 is 0 Å². The lowest BCUT2D eigenvalue weighted by molar-refractivity contribution is -0.108. The summed E-state index contributed by atoms with van der Waals surface area (Å²) in [7, 11) is 0. The highest BCUT2D eigenvalue weighted by Crippen LogP contribution is 2.34. The summed E-state index contributed by atoms with van der Waals surface area (Å²) >= 11 is 1.88. The number of hydrogen-bond donors (Lipinski definition) is 0. The number of ether oxygens (including phenoxy) is 1. The lowest BCUT2D eigenvalue weighted by Crippen LogP contribution is -2.35. The molecule has 0 bridgehead atoms. The van der Waals surface area contributed by atoms with Crippen molar-refractivity contribution in [3.05, 3.63) is 0 Å². The van der Waals surface area contributed by atoms with E-state index in [1.165, 1.54) is 0 Å². The van der Waals surface area contributed by atoms with Gasteiger partial charge in [0, 0.05) is 16.9 Å². The van der Waals surface area contributed by atoms with E-state index < -0.39 is 0 Å². The predicted molar refractivity (Wildman–Crippen MR) is 47.0 cm³/mol. The number of carbonyl (C=O) groups is 1. The molecule has 1 aliphatic heterocycles. The lowest BCUT2D eigenvalue weighted by atomic mass is 10.0. The van der Waals surface area contributed by atoms with E-state index in [1.807, 2.05) is 11.8 Å². The second-order valence-corrected chi connectivity index (χ2v) is 4.37. The molecular weight excluding hydrogens is 160 g/mol. The minimum Gasteiger partial charge on any atom is -0.379 e. The molecule has 1 unspecified atom stereocenters. The first-order valence-electron chi connectivity index (χ1n) is 3.98. The third-order valence-corrected chi connectivity index (χ3v) is 3.66. The van der Waals surface area contributed by atoms with Gasteiger partial charge in [0.05, 0.1) is 13.2 Å². The normalized spacial score (nSPS) is 31.7. The first-order chi connectivity index (χ1) is 5.33. The van der Waals surface area contributed by atoms with Gasteiger partial charge in [-0.05, 0) is 6.42 Å². The van der Waals surface area contributed by atoms with Crippen molar-refractivity contribution in [2.24, 2.45) is 0 Å². The Kier molecular flexibility index (Phi) is 3.40. The molecule has 0 aromatic rings. The van der Waals surface area contributed by atoms with E-state index in [0.717, 1.165) is 31.7 Å². The van der Waals surface area contributed by atoms with Crippen LogP contribution in [-0.2, 0) is 9.53 Å². The molecule has 0 radical (unpaired) electrons. The van der Waals surface area contributed by atoms with E-state index in [1.54, 1.807) is 0 Å². The molecule has 1 atom stereocenters. The fourth-order valence-electron chi connectivity index (χ4n) is 1.24. The van der Waals surface area contributed by atoms with Gasteiger partial charge in [-0.1, -0.05) is 6.92 Å². The molecule has 1 fully saturated rings. The monoisotopic (exact) mass is 174 g/mol. The molecule has 0 N–H and O–H groups in total. The topological polar surface area (TPSA) is 26.3 Å². The molecule has 3 heteroatoms. The number of hydrogen-bond acceptors (Lipinski definition) is 3. The summed E-state index contributed by atoms with van der Waals surface area (Å²) in [5.41, 5.74) is 0. The van der Waals surface area contributed by atoms with Gasteiger partial charge in [0.25, 0.3) is 0 Å². The van der Waals surface area contributed by atoms with E-state index in [0.29, 0.717) is 6.42 Å². The fraction of sp³-hybridized carbons (Fsp3) is 0.875. The number of carbonyl (C=O) groups excluding carboxylic acids is 1. The molecular formula is C8H14O2S. The average molecular weight is 174 g/mol. The quantitative estimate of drug-likeness (QED) is 0.606. The second-order valence-electron chi connectivity index (χ2n) is 2.81. The van der Waals surface area contributed by atoms with Crippen molar-refractivity contribution in [3.63, 3.8) is 0 Å². The minimum atomic E-state index is 0.0972. The van der Waals surface area contributed by atoms with Gasteiger partial charge in [0.2, 0.25) is 0 Å². The van der Waals surface area contributed by atoms with Crippen LogP contribution in [0.25, 0.3) is 0 Å². The van der Waals surface area contributed by atoms with Crippen LogP contribution in [0.5, 0.6) is 0 Å². The van der Waals surface area contributed by atoms with Crippen molar-refractivity contribution in [1.29, 1.82) is 0 Å². The Balaban J connectivity index is 2.49. The Morgan fingerprint density at radius 1 is 1.73 bits per heavy atom. The molecule has 2 nitrogen and oxygen atoms in total. The predicted octanol–water partition coefficient (Wildman–Crippen LogP) is 1.49. The van der Waals surface area contributed by atoms with Gasteiger partial charge in [-0.15, -0.1) is 11.8 Å². The van der Waals surface area contributed by atoms with Crippen molar-refractivity contribution in [3.8, 4) is 0 Å². The molecule has 1 heterocycles. The molecule has 64 valence electrons. The number of thioether (sulfide) groups is 1. The zero-order valence-electron chi connectivity index (χ0n) is 6.84. The van der Waals surface area contributed by atoms with Gasteiger partial charge in [-0.3, -0.25) is 0 Å². The highest BCUT2D eigenvalue weighted by atomic mass is 32.2. The van der Waals surface area contributed by atoms with Crippen LogP contribution in [0.2, 0.25) is 0 Å². The second kappa shape index (κ2) is 4.12. The van der Waals surface area contributed by atoms with Crippen LogP contribution in [0.15, 0.2) is 0 Å². The first-order valence-corrected chi connectivity index (χ1v) is 4.97. The Labute approximate surface area is 71.7 Å². The highest BCUT2D eigenvalue weighted by molar-refractivity contribution is 8.00. The van der Waals surface area contributed by atoms with Gasteiger partial charge < -0.3 is 9.53 Å². The molecule has 0 aromatic heterocycles.